The number of benzene rings is 10. The molecule has 0 N–H and O–H groups in total. The molecule has 0 saturated heterocycles. The molecule has 0 spiro atoms. The molecule has 0 heterocycles. The highest BCUT2D eigenvalue weighted by atomic mass is 15.1. The standard InChI is InChI=1S/C65H51N/c1-3-23-46(24-4-1)65(47-25-5-2-6-26-47)61-36-16-15-31-57(61)58-38-37-48(43-62(58)65)66(63-41-39-55(53-29-11-13-32-59(53)63)51-34-17-21-44-19-7-9-27-49(44)51)64-42-40-56(54-30-12-14-33-60(54)64)52-35-18-22-45-20-8-10-28-50(45)52/h1-10,15-28,31,34-43H,11-14,29-30,32-33H2. The van der Waals surface area contributed by atoms with E-state index in [0.717, 1.165) is 25.7 Å². The summed E-state index contributed by atoms with van der Waals surface area (Å²) in [5, 5.41) is 5.24. The maximum Gasteiger partial charge on any atom is 0.0714 e. The summed E-state index contributed by atoms with van der Waals surface area (Å²) in [6, 6.07) is 80.5. The van der Waals surface area contributed by atoms with Gasteiger partial charge in [0.15, 0.2) is 0 Å². The van der Waals surface area contributed by atoms with Crippen molar-refractivity contribution in [2.75, 3.05) is 4.90 Å². The molecular weight excluding hydrogens is 795 g/mol. The fourth-order valence-corrected chi connectivity index (χ4v) is 12.5. The van der Waals surface area contributed by atoms with Crippen LogP contribution in [0.4, 0.5) is 17.1 Å². The van der Waals surface area contributed by atoms with Crippen LogP contribution in [0.25, 0.3) is 54.9 Å². The van der Waals surface area contributed by atoms with E-state index in [4.69, 9.17) is 0 Å². The Morgan fingerprint density at radius 1 is 0.303 bits per heavy atom. The third-order valence-electron chi connectivity index (χ3n) is 15.4. The molecule has 0 bridgehead atoms. The van der Waals surface area contributed by atoms with Crippen LogP contribution >= 0.6 is 0 Å². The van der Waals surface area contributed by atoms with Crippen molar-refractivity contribution in [2.24, 2.45) is 0 Å². The average molecular weight is 846 g/mol. The molecule has 66 heavy (non-hydrogen) atoms. The molecule has 0 aromatic heterocycles. The summed E-state index contributed by atoms with van der Waals surface area (Å²) in [7, 11) is 0. The Balaban J connectivity index is 1.09. The molecule has 0 aliphatic heterocycles. The van der Waals surface area contributed by atoms with Gasteiger partial charge >= 0.3 is 0 Å². The monoisotopic (exact) mass is 845 g/mol. The van der Waals surface area contributed by atoms with Crippen molar-refractivity contribution in [3.8, 4) is 33.4 Å². The Kier molecular flexibility index (Phi) is 9.38. The van der Waals surface area contributed by atoms with E-state index in [1.54, 1.807) is 0 Å². The first-order valence-corrected chi connectivity index (χ1v) is 24.2. The molecule has 0 amide bonds. The van der Waals surface area contributed by atoms with Gasteiger partial charge in [-0.05, 0) is 175 Å². The molecule has 3 aliphatic rings. The molecular formula is C65H51N. The van der Waals surface area contributed by atoms with Crippen LogP contribution in [-0.2, 0) is 31.1 Å². The molecule has 1 nitrogen and oxygen atoms in total. The van der Waals surface area contributed by atoms with E-state index in [2.05, 4.69) is 217 Å². The van der Waals surface area contributed by atoms with Gasteiger partial charge in [-0.3, -0.25) is 0 Å². The van der Waals surface area contributed by atoms with Crippen molar-refractivity contribution in [3.63, 3.8) is 0 Å². The molecule has 1 heteroatoms. The van der Waals surface area contributed by atoms with Crippen molar-refractivity contribution >= 4 is 38.6 Å². The largest absolute Gasteiger partial charge is 0.310 e. The number of hydrogen-bond acceptors (Lipinski definition) is 1. The van der Waals surface area contributed by atoms with Gasteiger partial charge in [-0.15, -0.1) is 0 Å². The molecule has 10 aromatic carbocycles. The van der Waals surface area contributed by atoms with Gasteiger partial charge in [0, 0.05) is 17.1 Å². The second-order valence-electron chi connectivity index (χ2n) is 18.7. The lowest BCUT2D eigenvalue weighted by atomic mass is 9.67. The third-order valence-corrected chi connectivity index (χ3v) is 15.4. The highest BCUT2D eigenvalue weighted by molar-refractivity contribution is 6.00. The fraction of sp³-hybridized carbons (Fsp3) is 0.138. The molecule has 13 rings (SSSR count). The van der Waals surface area contributed by atoms with Crippen LogP contribution in [0.5, 0.6) is 0 Å². The van der Waals surface area contributed by atoms with Crippen molar-refractivity contribution < 1.29 is 0 Å². The SMILES string of the molecule is c1ccc(C2(c3ccccc3)c3ccccc3-c3ccc(N(c4ccc(-c5cccc6ccccc56)c5c4CCCC5)c4ccc(-c5cccc6ccccc56)c5c4CCCC5)cc32)cc1. The molecule has 10 aromatic rings. The molecule has 0 radical (unpaired) electrons. The van der Waals surface area contributed by atoms with Crippen LogP contribution in [0.3, 0.4) is 0 Å². The van der Waals surface area contributed by atoms with Gasteiger partial charge in [-0.2, -0.15) is 0 Å². The lowest BCUT2D eigenvalue weighted by molar-refractivity contribution is 0.683. The van der Waals surface area contributed by atoms with Gasteiger partial charge < -0.3 is 4.90 Å². The van der Waals surface area contributed by atoms with Crippen LogP contribution in [0, 0.1) is 0 Å². The summed E-state index contributed by atoms with van der Waals surface area (Å²) < 4.78 is 0. The second kappa shape index (κ2) is 15.9. The third kappa shape index (κ3) is 5.99. The Morgan fingerprint density at radius 3 is 1.29 bits per heavy atom. The smallest absolute Gasteiger partial charge is 0.0714 e. The van der Waals surface area contributed by atoms with Crippen molar-refractivity contribution in [1.82, 2.24) is 0 Å². The number of nitrogens with zero attached hydrogens (tertiary/aromatic N) is 1. The van der Waals surface area contributed by atoms with Gasteiger partial charge in [0.1, 0.15) is 0 Å². The topological polar surface area (TPSA) is 3.24 Å². The second-order valence-corrected chi connectivity index (χ2v) is 18.7. The van der Waals surface area contributed by atoms with Crippen molar-refractivity contribution in [1.29, 1.82) is 0 Å². The molecule has 0 fully saturated rings. The van der Waals surface area contributed by atoms with E-state index in [1.165, 1.54) is 142 Å². The minimum absolute atomic E-state index is 0.495. The lowest BCUT2D eigenvalue weighted by Crippen LogP contribution is -2.29. The van der Waals surface area contributed by atoms with Crippen LogP contribution in [0.2, 0.25) is 0 Å². The average Bonchev–Trinajstić information content (AvgIpc) is 3.69. The predicted octanol–water partition coefficient (Wildman–Crippen LogP) is 16.9. The number of hydrogen-bond donors (Lipinski definition) is 0. The Bertz CT molecular complexity index is 3300. The van der Waals surface area contributed by atoms with E-state index >= 15 is 0 Å². The van der Waals surface area contributed by atoms with Gasteiger partial charge in [0.2, 0.25) is 0 Å². The minimum Gasteiger partial charge on any atom is -0.310 e. The summed E-state index contributed by atoms with van der Waals surface area (Å²) in [6.45, 7) is 0. The number of fused-ring (bicyclic) bond motifs is 7. The molecule has 316 valence electrons. The van der Waals surface area contributed by atoms with E-state index in [-0.39, 0.29) is 0 Å². The van der Waals surface area contributed by atoms with Gasteiger partial charge in [-0.25, -0.2) is 0 Å². The van der Waals surface area contributed by atoms with Crippen molar-refractivity contribution in [3.05, 3.63) is 257 Å². The summed E-state index contributed by atoms with van der Waals surface area (Å²) in [5.74, 6) is 0. The van der Waals surface area contributed by atoms with Gasteiger partial charge in [0.05, 0.1) is 5.41 Å². The van der Waals surface area contributed by atoms with Crippen LogP contribution in [0.1, 0.15) is 70.2 Å². The van der Waals surface area contributed by atoms with Crippen LogP contribution < -0.4 is 4.90 Å². The summed E-state index contributed by atoms with van der Waals surface area (Å²) in [5.41, 5.74) is 22.7. The Hall–Kier alpha value is -7.48. The Labute approximate surface area is 388 Å². The molecule has 0 atom stereocenters. The molecule has 0 unspecified atom stereocenters. The molecule has 3 aliphatic carbocycles. The summed E-state index contributed by atoms with van der Waals surface area (Å²) in [4.78, 5) is 2.71. The summed E-state index contributed by atoms with van der Waals surface area (Å²) in [6.07, 6.45) is 9.07. The predicted molar refractivity (Wildman–Crippen MR) is 278 cm³/mol. The first-order valence-electron chi connectivity index (χ1n) is 24.2. The highest BCUT2D eigenvalue weighted by Gasteiger charge is 2.46. The zero-order valence-electron chi connectivity index (χ0n) is 37.3. The minimum atomic E-state index is -0.495. The van der Waals surface area contributed by atoms with Crippen molar-refractivity contribution in [2.45, 2.75) is 56.8 Å². The normalized spacial score (nSPS) is 14.6. The van der Waals surface area contributed by atoms with E-state index in [9.17, 15) is 0 Å². The quantitative estimate of drug-likeness (QED) is 0.154. The maximum absolute atomic E-state index is 2.71. The van der Waals surface area contributed by atoms with Crippen LogP contribution in [0.15, 0.2) is 212 Å². The zero-order chi connectivity index (χ0) is 43.6. The zero-order valence-corrected chi connectivity index (χ0v) is 37.3. The highest BCUT2D eigenvalue weighted by Crippen LogP contribution is 2.58. The Morgan fingerprint density at radius 2 is 0.727 bits per heavy atom. The van der Waals surface area contributed by atoms with Gasteiger partial charge in [-0.1, -0.05) is 188 Å². The number of rotatable bonds is 7. The fourth-order valence-electron chi connectivity index (χ4n) is 12.5. The van der Waals surface area contributed by atoms with Gasteiger partial charge in [0.25, 0.3) is 0 Å². The van der Waals surface area contributed by atoms with E-state index < -0.39 is 5.41 Å². The van der Waals surface area contributed by atoms with Crippen LogP contribution in [-0.4, -0.2) is 0 Å². The first kappa shape index (κ1) is 38.9. The van der Waals surface area contributed by atoms with E-state index in [0.29, 0.717) is 0 Å². The summed E-state index contributed by atoms with van der Waals surface area (Å²) >= 11 is 0. The van der Waals surface area contributed by atoms with E-state index in [1.807, 2.05) is 0 Å². The molecule has 0 saturated carbocycles. The first-order chi connectivity index (χ1) is 32.8. The number of anilines is 3. The maximum atomic E-state index is 2.71. The lowest BCUT2D eigenvalue weighted by Gasteiger charge is -2.37.